The standard InChI is InChI=1S/C14H20N2O4/c1-18-12-7-13(16-8-11(12)15)20-10-5-3-9(4-6-10)14(17)19-2/h7-10H,3-6,15H2,1-2H3. The maximum atomic E-state index is 11.4. The number of anilines is 1. The summed E-state index contributed by atoms with van der Waals surface area (Å²) in [6.07, 6.45) is 4.78. The second kappa shape index (κ2) is 6.45. The molecule has 1 heterocycles. The van der Waals surface area contributed by atoms with Crippen molar-refractivity contribution in [3.05, 3.63) is 12.3 Å². The molecule has 20 heavy (non-hydrogen) atoms. The van der Waals surface area contributed by atoms with Crippen molar-refractivity contribution >= 4 is 11.7 Å². The molecule has 1 aromatic rings. The number of nitrogen functional groups attached to an aromatic ring is 1. The number of pyridine rings is 1. The van der Waals surface area contributed by atoms with Crippen LogP contribution in [0.2, 0.25) is 0 Å². The van der Waals surface area contributed by atoms with Crippen LogP contribution in [0.15, 0.2) is 12.3 Å². The van der Waals surface area contributed by atoms with Gasteiger partial charge in [-0.1, -0.05) is 0 Å². The summed E-state index contributed by atoms with van der Waals surface area (Å²) in [5.74, 6) is 0.917. The zero-order valence-corrected chi connectivity index (χ0v) is 11.8. The molecule has 0 atom stereocenters. The van der Waals surface area contributed by atoms with Crippen molar-refractivity contribution in [3.8, 4) is 11.6 Å². The average Bonchev–Trinajstić information content (AvgIpc) is 2.49. The van der Waals surface area contributed by atoms with E-state index in [1.807, 2.05) is 0 Å². The molecule has 110 valence electrons. The van der Waals surface area contributed by atoms with Gasteiger partial charge in [0.05, 0.1) is 32.0 Å². The van der Waals surface area contributed by atoms with Crippen LogP contribution in [0.25, 0.3) is 0 Å². The van der Waals surface area contributed by atoms with Crippen molar-refractivity contribution < 1.29 is 19.0 Å². The molecule has 0 bridgehead atoms. The van der Waals surface area contributed by atoms with Crippen LogP contribution in [-0.2, 0) is 9.53 Å². The summed E-state index contributed by atoms with van der Waals surface area (Å²) in [7, 11) is 2.98. The van der Waals surface area contributed by atoms with Gasteiger partial charge in [-0.25, -0.2) is 4.98 Å². The molecule has 6 nitrogen and oxygen atoms in total. The van der Waals surface area contributed by atoms with Crippen molar-refractivity contribution in [3.63, 3.8) is 0 Å². The Labute approximate surface area is 118 Å². The van der Waals surface area contributed by atoms with Gasteiger partial charge in [-0.3, -0.25) is 4.79 Å². The summed E-state index contributed by atoms with van der Waals surface area (Å²) in [5, 5.41) is 0. The van der Waals surface area contributed by atoms with E-state index in [2.05, 4.69) is 4.98 Å². The van der Waals surface area contributed by atoms with Crippen LogP contribution in [0.5, 0.6) is 11.6 Å². The Morgan fingerprint density at radius 3 is 2.60 bits per heavy atom. The van der Waals surface area contributed by atoms with Crippen LogP contribution in [0.4, 0.5) is 5.69 Å². The summed E-state index contributed by atoms with van der Waals surface area (Å²) in [6.45, 7) is 0. The molecule has 1 aromatic heterocycles. The van der Waals surface area contributed by atoms with E-state index in [-0.39, 0.29) is 18.0 Å². The first-order valence-corrected chi connectivity index (χ1v) is 6.68. The Bertz CT molecular complexity index is 470. The van der Waals surface area contributed by atoms with Crippen molar-refractivity contribution in [1.82, 2.24) is 4.98 Å². The van der Waals surface area contributed by atoms with Gasteiger partial charge in [-0.05, 0) is 25.7 Å². The van der Waals surface area contributed by atoms with Crippen LogP contribution < -0.4 is 15.2 Å². The lowest BCUT2D eigenvalue weighted by molar-refractivity contribution is -0.147. The molecule has 0 unspecified atom stereocenters. The van der Waals surface area contributed by atoms with Crippen molar-refractivity contribution in [2.24, 2.45) is 5.92 Å². The highest BCUT2D eigenvalue weighted by Crippen LogP contribution is 2.30. The average molecular weight is 280 g/mol. The Morgan fingerprint density at radius 1 is 1.30 bits per heavy atom. The molecular weight excluding hydrogens is 260 g/mol. The lowest BCUT2D eigenvalue weighted by Gasteiger charge is -2.27. The third kappa shape index (κ3) is 3.31. The number of hydrogen-bond acceptors (Lipinski definition) is 6. The highest BCUT2D eigenvalue weighted by Gasteiger charge is 2.28. The first-order chi connectivity index (χ1) is 9.63. The first kappa shape index (κ1) is 14.4. The molecular formula is C14H20N2O4. The summed E-state index contributed by atoms with van der Waals surface area (Å²) in [5.41, 5.74) is 6.19. The topological polar surface area (TPSA) is 83.7 Å². The van der Waals surface area contributed by atoms with Crippen LogP contribution in [-0.4, -0.2) is 31.3 Å². The zero-order valence-electron chi connectivity index (χ0n) is 11.8. The third-order valence-corrected chi connectivity index (χ3v) is 3.59. The quantitative estimate of drug-likeness (QED) is 0.846. The van der Waals surface area contributed by atoms with Gasteiger partial charge in [0.2, 0.25) is 5.88 Å². The SMILES string of the molecule is COC(=O)C1CCC(Oc2cc(OC)c(N)cn2)CC1. The summed E-state index contributed by atoms with van der Waals surface area (Å²) in [4.78, 5) is 15.6. The van der Waals surface area contributed by atoms with E-state index in [0.717, 1.165) is 25.7 Å². The predicted octanol–water partition coefficient (Wildman–Crippen LogP) is 1.78. The molecule has 1 aliphatic carbocycles. The molecule has 0 aliphatic heterocycles. The number of carbonyl (C=O) groups is 1. The third-order valence-electron chi connectivity index (χ3n) is 3.59. The number of hydrogen-bond donors (Lipinski definition) is 1. The molecule has 6 heteroatoms. The Hall–Kier alpha value is -1.98. The van der Waals surface area contributed by atoms with Gasteiger partial charge in [0.15, 0.2) is 0 Å². The van der Waals surface area contributed by atoms with E-state index in [1.54, 1.807) is 13.2 Å². The van der Waals surface area contributed by atoms with Gasteiger partial charge in [0.25, 0.3) is 0 Å². The minimum absolute atomic E-state index is 0.00577. The molecule has 1 aliphatic rings. The largest absolute Gasteiger partial charge is 0.494 e. The van der Waals surface area contributed by atoms with Crippen molar-refractivity contribution in [2.45, 2.75) is 31.8 Å². The smallest absolute Gasteiger partial charge is 0.308 e. The van der Waals surface area contributed by atoms with E-state index in [1.165, 1.54) is 13.3 Å². The zero-order chi connectivity index (χ0) is 14.5. The van der Waals surface area contributed by atoms with Crippen LogP contribution >= 0.6 is 0 Å². The Balaban J connectivity index is 1.91. The van der Waals surface area contributed by atoms with E-state index < -0.39 is 0 Å². The molecule has 2 N–H and O–H groups in total. The molecule has 0 aromatic carbocycles. The molecule has 0 radical (unpaired) electrons. The normalized spacial score (nSPS) is 22.1. The Kier molecular flexibility index (Phi) is 4.65. The maximum Gasteiger partial charge on any atom is 0.308 e. The van der Waals surface area contributed by atoms with Gasteiger partial charge in [-0.2, -0.15) is 0 Å². The fraction of sp³-hybridized carbons (Fsp3) is 0.571. The van der Waals surface area contributed by atoms with Crippen molar-refractivity contribution in [2.75, 3.05) is 20.0 Å². The second-order valence-corrected chi connectivity index (χ2v) is 4.88. The molecule has 1 fully saturated rings. The van der Waals surface area contributed by atoms with Gasteiger partial charge in [-0.15, -0.1) is 0 Å². The summed E-state index contributed by atoms with van der Waals surface area (Å²) in [6, 6.07) is 1.68. The number of carbonyl (C=O) groups excluding carboxylic acids is 1. The predicted molar refractivity (Wildman–Crippen MR) is 73.6 cm³/mol. The van der Waals surface area contributed by atoms with Gasteiger partial charge >= 0.3 is 5.97 Å². The van der Waals surface area contributed by atoms with Gasteiger partial charge in [0, 0.05) is 6.07 Å². The molecule has 0 amide bonds. The van der Waals surface area contributed by atoms with Crippen molar-refractivity contribution in [1.29, 1.82) is 0 Å². The van der Waals surface area contributed by atoms with E-state index >= 15 is 0 Å². The number of aromatic nitrogens is 1. The molecule has 2 rings (SSSR count). The van der Waals surface area contributed by atoms with Crippen LogP contribution in [0.1, 0.15) is 25.7 Å². The maximum absolute atomic E-state index is 11.4. The van der Waals surface area contributed by atoms with E-state index in [9.17, 15) is 4.79 Å². The lowest BCUT2D eigenvalue weighted by atomic mass is 9.87. The number of nitrogens with zero attached hydrogens (tertiary/aromatic N) is 1. The fourth-order valence-electron chi connectivity index (χ4n) is 2.42. The summed E-state index contributed by atoms with van der Waals surface area (Å²) < 4.78 is 15.7. The van der Waals surface area contributed by atoms with E-state index in [0.29, 0.717) is 17.3 Å². The molecule has 1 saturated carbocycles. The molecule has 0 saturated heterocycles. The number of nitrogens with two attached hydrogens (primary N) is 1. The highest BCUT2D eigenvalue weighted by molar-refractivity contribution is 5.72. The van der Waals surface area contributed by atoms with E-state index in [4.69, 9.17) is 19.9 Å². The number of methoxy groups -OCH3 is 2. The number of ether oxygens (including phenoxy) is 3. The minimum atomic E-state index is -0.129. The summed E-state index contributed by atoms with van der Waals surface area (Å²) >= 11 is 0. The number of esters is 1. The lowest BCUT2D eigenvalue weighted by Crippen LogP contribution is -2.28. The van der Waals surface area contributed by atoms with Crippen LogP contribution in [0, 0.1) is 5.92 Å². The van der Waals surface area contributed by atoms with Gasteiger partial charge in [0.1, 0.15) is 11.9 Å². The second-order valence-electron chi connectivity index (χ2n) is 4.88. The minimum Gasteiger partial charge on any atom is -0.494 e. The monoisotopic (exact) mass is 280 g/mol. The van der Waals surface area contributed by atoms with Crippen LogP contribution in [0.3, 0.4) is 0 Å². The fourth-order valence-corrected chi connectivity index (χ4v) is 2.42. The Morgan fingerprint density at radius 2 is 2.00 bits per heavy atom. The van der Waals surface area contributed by atoms with Gasteiger partial charge < -0.3 is 19.9 Å². The molecule has 0 spiro atoms. The highest BCUT2D eigenvalue weighted by atomic mass is 16.5. The first-order valence-electron chi connectivity index (χ1n) is 6.68. The number of rotatable bonds is 4.